The van der Waals surface area contributed by atoms with Crippen molar-refractivity contribution in [3.63, 3.8) is 0 Å². The summed E-state index contributed by atoms with van der Waals surface area (Å²) in [6.45, 7) is 8.24. The largest absolute Gasteiger partial charge is 0.494 e. The second kappa shape index (κ2) is 7.62. The number of piperazine rings is 1. The Bertz CT molecular complexity index is 1250. The summed E-state index contributed by atoms with van der Waals surface area (Å²) in [5.74, 6) is 1.34. The Morgan fingerprint density at radius 3 is 2.68 bits per heavy atom. The summed E-state index contributed by atoms with van der Waals surface area (Å²) in [6.07, 6.45) is 3.91. The van der Waals surface area contributed by atoms with Gasteiger partial charge < -0.3 is 24.7 Å². The number of hydrogen-bond donors (Lipinski definition) is 3. The second-order valence-electron chi connectivity index (χ2n) is 8.32. The number of nitrogens with one attached hydrogen (secondary N) is 3. The molecule has 5 rings (SSSR count). The molecule has 0 bridgehead atoms. The lowest BCUT2D eigenvalue weighted by molar-refractivity contribution is 0.407. The highest BCUT2D eigenvalue weighted by atomic mass is 35.5. The van der Waals surface area contributed by atoms with Gasteiger partial charge in [-0.3, -0.25) is 5.10 Å². The van der Waals surface area contributed by atoms with E-state index in [0.29, 0.717) is 28.7 Å². The van der Waals surface area contributed by atoms with Gasteiger partial charge in [-0.1, -0.05) is 11.6 Å². The van der Waals surface area contributed by atoms with E-state index in [1.54, 1.807) is 7.11 Å². The van der Waals surface area contributed by atoms with E-state index in [1.807, 2.05) is 35.9 Å². The highest BCUT2D eigenvalue weighted by Crippen LogP contribution is 2.37. The minimum atomic E-state index is 0.423. The number of hydrogen-bond acceptors (Lipinski definition) is 6. The third-order valence-electron chi connectivity index (χ3n) is 5.67. The summed E-state index contributed by atoms with van der Waals surface area (Å²) in [6, 6.07) is 6.88. The van der Waals surface area contributed by atoms with Gasteiger partial charge in [0.05, 0.1) is 34.4 Å². The van der Waals surface area contributed by atoms with Gasteiger partial charge in [0.25, 0.3) is 0 Å². The first-order valence-corrected chi connectivity index (χ1v) is 10.8. The number of halogens is 1. The Hall–Kier alpha value is -2.97. The molecule has 1 aliphatic heterocycles. The van der Waals surface area contributed by atoms with Gasteiger partial charge in [-0.2, -0.15) is 5.10 Å². The van der Waals surface area contributed by atoms with Crippen LogP contribution in [0.2, 0.25) is 5.02 Å². The molecule has 0 aliphatic carbocycles. The topological polar surface area (TPSA) is 82.5 Å². The van der Waals surface area contributed by atoms with E-state index in [9.17, 15) is 0 Å². The highest BCUT2D eigenvalue weighted by molar-refractivity contribution is 6.36. The molecule has 2 atom stereocenters. The molecular weight excluding hydrogens is 414 g/mol. The molecular formula is C22H26ClN7O. The molecule has 1 saturated heterocycles. The zero-order valence-corrected chi connectivity index (χ0v) is 18.8. The number of H-pyrrole nitrogens is 1. The van der Waals surface area contributed by atoms with Crippen LogP contribution in [0.25, 0.3) is 16.6 Å². The molecule has 3 aromatic heterocycles. The van der Waals surface area contributed by atoms with Crippen molar-refractivity contribution >= 4 is 45.3 Å². The highest BCUT2D eigenvalue weighted by Gasteiger charge is 2.23. The quantitative estimate of drug-likeness (QED) is 0.444. The number of anilines is 3. The van der Waals surface area contributed by atoms with Crippen molar-refractivity contribution in [3.05, 3.63) is 41.3 Å². The maximum absolute atomic E-state index is 6.75. The molecule has 0 spiro atoms. The van der Waals surface area contributed by atoms with Crippen molar-refractivity contribution < 1.29 is 4.74 Å². The van der Waals surface area contributed by atoms with Crippen molar-refractivity contribution in [2.24, 2.45) is 0 Å². The number of fused-ring (bicyclic) bond motifs is 2. The van der Waals surface area contributed by atoms with Gasteiger partial charge in [-0.05, 0) is 32.9 Å². The molecule has 9 heteroatoms. The van der Waals surface area contributed by atoms with Crippen LogP contribution in [0.3, 0.4) is 0 Å². The molecule has 4 aromatic rings. The predicted molar refractivity (Wildman–Crippen MR) is 125 cm³/mol. The number of rotatable bonds is 4. The van der Waals surface area contributed by atoms with Gasteiger partial charge in [-0.25, -0.2) is 4.98 Å². The number of pyridine rings is 1. The van der Waals surface area contributed by atoms with Gasteiger partial charge in [0.1, 0.15) is 11.4 Å². The van der Waals surface area contributed by atoms with Gasteiger partial charge in [0.15, 0.2) is 5.82 Å². The fraction of sp³-hybridized carbons (Fsp3) is 0.364. The number of benzene rings is 1. The molecule has 4 heterocycles. The van der Waals surface area contributed by atoms with Crippen LogP contribution in [0.15, 0.2) is 30.6 Å². The van der Waals surface area contributed by atoms with E-state index < -0.39 is 0 Å². The Morgan fingerprint density at radius 2 is 1.94 bits per heavy atom. The third-order valence-corrected chi connectivity index (χ3v) is 5.97. The first-order valence-electron chi connectivity index (χ1n) is 10.4. The normalized spacial score (nSPS) is 19.3. The van der Waals surface area contributed by atoms with Crippen molar-refractivity contribution in [3.8, 4) is 5.75 Å². The molecule has 1 aliphatic rings. The fourth-order valence-corrected chi connectivity index (χ4v) is 4.74. The van der Waals surface area contributed by atoms with E-state index in [2.05, 4.69) is 50.6 Å². The van der Waals surface area contributed by atoms with E-state index in [0.717, 1.165) is 46.7 Å². The van der Waals surface area contributed by atoms with Crippen molar-refractivity contribution in [1.82, 2.24) is 24.9 Å². The molecule has 3 N–H and O–H groups in total. The van der Waals surface area contributed by atoms with Crippen molar-refractivity contribution in [2.45, 2.75) is 32.9 Å². The number of methoxy groups -OCH3 is 1. The molecule has 1 fully saturated rings. The number of ether oxygens (including phenoxy) is 1. The van der Waals surface area contributed by atoms with Gasteiger partial charge in [-0.15, -0.1) is 0 Å². The van der Waals surface area contributed by atoms with E-state index in [-0.39, 0.29) is 0 Å². The average Bonchev–Trinajstić information content (AvgIpc) is 3.28. The van der Waals surface area contributed by atoms with E-state index in [1.165, 1.54) is 0 Å². The summed E-state index contributed by atoms with van der Waals surface area (Å²) < 4.78 is 7.53. The molecule has 8 nitrogen and oxygen atoms in total. The van der Waals surface area contributed by atoms with E-state index in [4.69, 9.17) is 16.3 Å². The molecule has 0 unspecified atom stereocenters. The van der Waals surface area contributed by atoms with Crippen LogP contribution in [0.4, 0.5) is 17.2 Å². The third kappa shape index (κ3) is 3.66. The lowest BCUT2D eigenvalue weighted by Gasteiger charge is -2.37. The predicted octanol–water partition coefficient (Wildman–Crippen LogP) is 4.11. The number of aromatic nitrogens is 4. The Morgan fingerprint density at radius 1 is 1.16 bits per heavy atom. The first kappa shape index (κ1) is 20.0. The molecule has 0 saturated carbocycles. The lowest BCUT2D eigenvalue weighted by atomic mass is 10.1. The van der Waals surface area contributed by atoms with Gasteiger partial charge >= 0.3 is 0 Å². The molecule has 1 aromatic carbocycles. The zero-order valence-electron chi connectivity index (χ0n) is 18.0. The first-order chi connectivity index (χ1) is 14.9. The summed E-state index contributed by atoms with van der Waals surface area (Å²) in [5, 5.41) is 16.1. The van der Waals surface area contributed by atoms with Crippen molar-refractivity contribution in [2.75, 3.05) is 30.4 Å². The van der Waals surface area contributed by atoms with Crippen LogP contribution < -0.4 is 20.3 Å². The Balaban J connectivity index is 1.51. The van der Waals surface area contributed by atoms with Gasteiger partial charge in [0.2, 0.25) is 0 Å². The maximum atomic E-state index is 6.75. The van der Waals surface area contributed by atoms with Crippen LogP contribution in [-0.2, 0) is 0 Å². The summed E-state index contributed by atoms with van der Waals surface area (Å²) in [5.41, 5.74) is 4.54. The summed E-state index contributed by atoms with van der Waals surface area (Å²) in [4.78, 5) is 6.86. The van der Waals surface area contributed by atoms with Crippen LogP contribution in [-0.4, -0.2) is 51.9 Å². The number of imidazole rings is 1. The molecule has 0 amide bonds. The zero-order chi connectivity index (χ0) is 21.7. The fourth-order valence-electron chi connectivity index (χ4n) is 4.44. The molecule has 31 heavy (non-hydrogen) atoms. The molecule has 0 radical (unpaired) electrons. The van der Waals surface area contributed by atoms with Gasteiger partial charge in [0, 0.05) is 49.3 Å². The van der Waals surface area contributed by atoms with Crippen LogP contribution in [0, 0.1) is 6.92 Å². The average molecular weight is 440 g/mol. The van der Waals surface area contributed by atoms with Crippen LogP contribution >= 0.6 is 11.6 Å². The number of nitrogens with zero attached hydrogens (tertiary/aromatic N) is 4. The smallest absolute Gasteiger partial charge is 0.161 e. The standard InChI is InChI=1S/C22H26ClN7O/c1-12-8-29(9-13(2)24-12)15-5-16(23)21-17(6-15)27-28-22(21)26-18-11-30-10-14(3)25-20(30)7-19(18)31-4/h5-7,10-13,24H,8-9H2,1-4H3,(H2,26,27,28)/t12-,13+. The van der Waals surface area contributed by atoms with Crippen molar-refractivity contribution in [1.29, 1.82) is 0 Å². The Labute approximate surface area is 185 Å². The molecule has 162 valence electrons. The maximum Gasteiger partial charge on any atom is 0.161 e. The minimum absolute atomic E-state index is 0.423. The Kier molecular flexibility index (Phi) is 4.91. The van der Waals surface area contributed by atoms with Crippen LogP contribution in [0.5, 0.6) is 5.75 Å². The van der Waals surface area contributed by atoms with E-state index >= 15 is 0 Å². The SMILES string of the molecule is COc1cc2nc(C)cn2cc1Nc1n[nH]c2cc(N3C[C@@H](C)N[C@@H](C)C3)cc(Cl)c12. The van der Waals surface area contributed by atoms with Crippen LogP contribution in [0.1, 0.15) is 19.5 Å². The summed E-state index contributed by atoms with van der Waals surface area (Å²) in [7, 11) is 1.64. The summed E-state index contributed by atoms with van der Waals surface area (Å²) >= 11 is 6.75. The minimum Gasteiger partial charge on any atom is -0.494 e. The monoisotopic (exact) mass is 439 g/mol. The lowest BCUT2D eigenvalue weighted by Crippen LogP contribution is -2.54. The second-order valence-corrected chi connectivity index (χ2v) is 8.73. The number of aryl methyl sites for hydroxylation is 1. The number of aromatic amines is 1.